The highest BCUT2D eigenvalue weighted by Crippen LogP contribution is 2.33. The fourth-order valence-corrected chi connectivity index (χ4v) is 14.9. The van der Waals surface area contributed by atoms with Crippen LogP contribution in [0.5, 0.6) is 0 Å². The fraction of sp³-hybridized carbons (Fsp3) is 0.919. The second-order valence-electron chi connectivity index (χ2n) is 31.3. The Morgan fingerprint density at radius 2 is 0.610 bits per heavy atom. The number of aliphatic hydroxyl groups excluding tert-OH is 11. The summed E-state index contributed by atoms with van der Waals surface area (Å²) in [6, 6.07) is -0.997. The van der Waals surface area contributed by atoms with E-state index in [2.05, 4.69) is 43.5 Å². The van der Waals surface area contributed by atoms with Gasteiger partial charge in [-0.15, -0.1) is 0 Å². The first-order valence-corrected chi connectivity index (χ1v) is 43.7. The number of carbonyl (C=O) groups excluding carboxylic acids is 1. The molecule has 17 unspecified atom stereocenters. The normalized spacial score (nSPS) is 25.9. The zero-order valence-corrected chi connectivity index (χ0v) is 66.5. The van der Waals surface area contributed by atoms with Gasteiger partial charge in [0.25, 0.3) is 0 Å². The van der Waals surface area contributed by atoms with Gasteiger partial charge in [-0.05, 0) is 44.9 Å². The van der Waals surface area contributed by atoms with Gasteiger partial charge < -0.3 is 89.9 Å². The van der Waals surface area contributed by atoms with Crippen molar-refractivity contribution in [3.63, 3.8) is 0 Å². The Balaban J connectivity index is 1.35. The SMILES string of the molecule is CCCCCCCCCCCCCCCCCC/C=C/CC/C=C/CC/C=C/C(O)C(COC1OC(CO)C(OC2OC(CO)C(OC3OC(CO)C(O)C(O)C3O)C(O)C2O)C(O)C1O)NC(=O)CCCCCCCCCCCCCCCCCCCCCCCCCCCCCCCCCCCC. The maximum atomic E-state index is 13.5. The number of rotatable bonds is 71. The van der Waals surface area contributed by atoms with Crippen molar-refractivity contribution in [1.29, 1.82) is 0 Å². The van der Waals surface area contributed by atoms with Crippen molar-refractivity contribution in [2.45, 2.75) is 478 Å². The molecule has 0 aromatic carbocycles. The summed E-state index contributed by atoms with van der Waals surface area (Å²) in [4.78, 5) is 13.5. The summed E-state index contributed by atoms with van der Waals surface area (Å²) in [5.41, 5.74) is 0. The van der Waals surface area contributed by atoms with Crippen LogP contribution in [0.3, 0.4) is 0 Å². The van der Waals surface area contributed by atoms with Gasteiger partial charge in [0.2, 0.25) is 5.91 Å². The van der Waals surface area contributed by atoms with Crippen LogP contribution in [0.2, 0.25) is 0 Å². The van der Waals surface area contributed by atoms with E-state index in [1.165, 1.54) is 295 Å². The lowest BCUT2D eigenvalue weighted by atomic mass is 9.96. The molecule has 19 heteroatoms. The highest BCUT2D eigenvalue weighted by molar-refractivity contribution is 5.76. The standard InChI is InChI=1S/C86H161NO18/c1-3-5-7-9-11-13-15-17-19-21-23-25-27-29-31-32-33-34-35-36-37-38-40-42-44-46-48-50-52-54-56-58-60-62-64-74(92)87-69(70(91)63-61-59-57-55-53-51-49-47-45-43-41-39-30-28-26-24-22-20-18-16-14-12-10-8-6-4-2)68-100-84-80(98)77(95)82(72(66-89)102-84)105-86-81(99)78(96)83(73(67-90)103-86)104-85-79(97)76(94)75(93)71(65-88)101-85/h45,47,53,55,61,63,69-73,75-86,88-91,93-99H,3-44,46,48-52,54,56-60,62,64-68H2,1-2H3,(H,87,92)/b47-45+,55-53+,63-61+. The Hall–Kier alpha value is -1.99. The van der Waals surface area contributed by atoms with E-state index in [1.54, 1.807) is 6.08 Å². The lowest BCUT2D eigenvalue weighted by Crippen LogP contribution is -2.66. The van der Waals surface area contributed by atoms with Gasteiger partial charge in [-0.25, -0.2) is 0 Å². The molecule has 3 saturated heterocycles. The Bertz CT molecular complexity index is 2030. The lowest BCUT2D eigenvalue weighted by Gasteiger charge is -2.48. The average Bonchev–Trinajstić information content (AvgIpc) is 0.781. The number of ether oxygens (including phenoxy) is 6. The number of aliphatic hydroxyl groups is 11. The number of amides is 1. The molecular weight excluding hydrogens is 1330 g/mol. The molecule has 3 aliphatic rings. The monoisotopic (exact) mass is 1500 g/mol. The molecule has 3 fully saturated rings. The van der Waals surface area contributed by atoms with Crippen LogP contribution in [0.25, 0.3) is 0 Å². The molecule has 0 bridgehead atoms. The third-order valence-corrected chi connectivity index (χ3v) is 21.9. The van der Waals surface area contributed by atoms with Crippen LogP contribution in [0, 0.1) is 0 Å². The predicted octanol–water partition coefficient (Wildman–Crippen LogP) is 15.9. The van der Waals surface area contributed by atoms with Crippen LogP contribution < -0.4 is 5.32 Å². The molecule has 3 aliphatic heterocycles. The van der Waals surface area contributed by atoms with E-state index in [0.717, 1.165) is 44.9 Å². The first-order valence-electron chi connectivity index (χ1n) is 43.7. The van der Waals surface area contributed by atoms with Crippen LogP contribution in [0.1, 0.15) is 373 Å². The number of carbonyl (C=O) groups is 1. The minimum atomic E-state index is -1.98. The largest absolute Gasteiger partial charge is 0.394 e. The summed E-state index contributed by atoms with van der Waals surface area (Å²) in [6.07, 6.45) is 57.3. The molecule has 0 saturated carbocycles. The topological polar surface area (TPSA) is 307 Å². The van der Waals surface area contributed by atoms with Crippen molar-refractivity contribution in [2.24, 2.45) is 0 Å². The summed E-state index contributed by atoms with van der Waals surface area (Å²) in [6.45, 7) is 1.78. The molecule has 618 valence electrons. The highest BCUT2D eigenvalue weighted by Gasteiger charge is 2.54. The van der Waals surface area contributed by atoms with Crippen LogP contribution >= 0.6 is 0 Å². The molecule has 12 N–H and O–H groups in total. The quantitative estimate of drug-likeness (QED) is 0.0199. The van der Waals surface area contributed by atoms with Crippen molar-refractivity contribution < 1.29 is 89.4 Å². The van der Waals surface area contributed by atoms with Gasteiger partial charge in [0.15, 0.2) is 18.9 Å². The van der Waals surface area contributed by atoms with E-state index in [9.17, 15) is 61.0 Å². The number of hydrogen-bond acceptors (Lipinski definition) is 18. The van der Waals surface area contributed by atoms with Crippen LogP contribution in [0.15, 0.2) is 36.5 Å². The Labute approximate surface area is 638 Å². The molecule has 105 heavy (non-hydrogen) atoms. The van der Waals surface area contributed by atoms with Crippen molar-refractivity contribution in [3.05, 3.63) is 36.5 Å². The molecule has 0 radical (unpaired) electrons. The van der Waals surface area contributed by atoms with Crippen molar-refractivity contribution in [2.75, 3.05) is 26.4 Å². The molecular formula is C86H161NO18. The van der Waals surface area contributed by atoms with E-state index in [1.807, 2.05) is 6.08 Å². The maximum Gasteiger partial charge on any atom is 0.220 e. The first-order chi connectivity index (χ1) is 51.3. The van der Waals surface area contributed by atoms with Gasteiger partial charge in [0, 0.05) is 6.42 Å². The molecule has 17 atom stereocenters. The zero-order chi connectivity index (χ0) is 76.0. The van der Waals surface area contributed by atoms with E-state index in [0.29, 0.717) is 12.8 Å². The molecule has 0 aromatic heterocycles. The minimum absolute atomic E-state index is 0.237. The zero-order valence-electron chi connectivity index (χ0n) is 66.5. The predicted molar refractivity (Wildman–Crippen MR) is 420 cm³/mol. The Kier molecular flexibility index (Phi) is 61.7. The number of nitrogens with one attached hydrogen (secondary N) is 1. The molecule has 1 amide bonds. The highest BCUT2D eigenvalue weighted by atomic mass is 16.8. The van der Waals surface area contributed by atoms with Gasteiger partial charge in [-0.2, -0.15) is 0 Å². The Morgan fingerprint density at radius 1 is 0.333 bits per heavy atom. The van der Waals surface area contributed by atoms with Crippen molar-refractivity contribution in [3.8, 4) is 0 Å². The Morgan fingerprint density at radius 3 is 0.952 bits per heavy atom. The summed E-state index contributed by atoms with van der Waals surface area (Å²) in [7, 11) is 0. The van der Waals surface area contributed by atoms with Crippen LogP contribution in [0.4, 0.5) is 0 Å². The average molecular weight is 1500 g/mol. The van der Waals surface area contributed by atoms with Crippen LogP contribution in [-0.2, 0) is 33.2 Å². The molecule has 3 rings (SSSR count). The molecule has 0 spiro atoms. The van der Waals surface area contributed by atoms with Gasteiger partial charge >= 0.3 is 0 Å². The summed E-state index contributed by atoms with van der Waals surface area (Å²) in [5.74, 6) is -0.281. The van der Waals surface area contributed by atoms with Crippen molar-refractivity contribution in [1.82, 2.24) is 5.32 Å². The van der Waals surface area contributed by atoms with E-state index >= 15 is 0 Å². The molecule has 0 aromatic rings. The number of allylic oxidation sites excluding steroid dienone is 5. The smallest absolute Gasteiger partial charge is 0.220 e. The summed E-state index contributed by atoms with van der Waals surface area (Å²) >= 11 is 0. The number of unbranched alkanes of at least 4 members (excludes halogenated alkanes) is 51. The fourth-order valence-electron chi connectivity index (χ4n) is 14.9. The second-order valence-corrected chi connectivity index (χ2v) is 31.3. The molecule has 0 aliphatic carbocycles. The van der Waals surface area contributed by atoms with Gasteiger partial charge in [0.1, 0.15) is 73.2 Å². The second kappa shape index (κ2) is 66.6. The lowest BCUT2D eigenvalue weighted by molar-refractivity contribution is -0.379. The molecule has 19 nitrogen and oxygen atoms in total. The van der Waals surface area contributed by atoms with E-state index in [4.69, 9.17) is 28.4 Å². The van der Waals surface area contributed by atoms with E-state index in [-0.39, 0.29) is 18.9 Å². The van der Waals surface area contributed by atoms with Crippen LogP contribution in [-0.4, -0.2) is 193 Å². The van der Waals surface area contributed by atoms with Gasteiger partial charge in [-0.3, -0.25) is 4.79 Å². The summed E-state index contributed by atoms with van der Waals surface area (Å²) in [5, 5.41) is 121. The van der Waals surface area contributed by atoms with Gasteiger partial charge in [0.05, 0.1) is 38.6 Å². The van der Waals surface area contributed by atoms with Crippen molar-refractivity contribution >= 4 is 5.91 Å². The third-order valence-electron chi connectivity index (χ3n) is 21.9. The van der Waals surface area contributed by atoms with E-state index < -0.39 is 124 Å². The first kappa shape index (κ1) is 97.2. The third kappa shape index (κ3) is 46.0. The summed E-state index contributed by atoms with van der Waals surface area (Å²) < 4.78 is 34.5. The van der Waals surface area contributed by atoms with Gasteiger partial charge in [-0.1, -0.05) is 359 Å². The number of hydrogen-bond donors (Lipinski definition) is 12. The maximum absolute atomic E-state index is 13.5. The molecule has 3 heterocycles. The minimum Gasteiger partial charge on any atom is -0.394 e.